The minimum absolute atomic E-state index is 0.0819. The van der Waals surface area contributed by atoms with Crippen molar-refractivity contribution in [1.82, 2.24) is 4.31 Å². The molecular weight excluding hydrogens is 190 g/mol. The van der Waals surface area contributed by atoms with E-state index in [2.05, 4.69) is 12.8 Å². The average Bonchev–Trinajstić information content (AvgIpc) is 2.02. The number of carboxylic acids is 1. The summed E-state index contributed by atoms with van der Waals surface area (Å²) in [6.07, 6.45) is 2.48. The molecule has 0 unspecified atom stereocenters. The van der Waals surface area contributed by atoms with Gasteiger partial charge in [-0.3, -0.25) is 13.9 Å². The molecule has 0 rings (SSSR count). The molecule has 5 heteroatoms. The van der Waals surface area contributed by atoms with Crippen LogP contribution in [0.3, 0.4) is 0 Å². The first-order valence-electron chi connectivity index (χ1n) is 4.23. The fraction of sp³-hybridized carbons (Fsp3) is 0.750. The van der Waals surface area contributed by atoms with Gasteiger partial charge in [0.05, 0.1) is 0 Å². The normalized spacial score (nSPS) is 9.69. The van der Waals surface area contributed by atoms with Crippen molar-refractivity contribution in [3.8, 4) is 0 Å². The molecule has 0 spiro atoms. The summed E-state index contributed by atoms with van der Waals surface area (Å²) in [4.78, 5) is 20.8. The fourth-order valence-corrected chi connectivity index (χ4v) is 1.01. The molecule has 0 aromatic rings. The predicted molar refractivity (Wildman–Crippen MR) is 52.5 cm³/mol. The van der Waals surface area contributed by atoms with Crippen LogP contribution in [0.2, 0.25) is 0 Å². The highest BCUT2D eigenvalue weighted by atomic mass is 32.1. The minimum atomic E-state index is -0.769. The number of nitrogens with zero attached hydrogens (tertiary/aromatic N) is 1. The summed E-state index contributed by atoms with van der Waals surface area (Å²) in [6.45, 7) is 2.03. The lowest BCUT2D eigenvalue weighted by Crippen LogP contribution is -2.19. The molecule has 0 aliphatic heterocycles. The maximum atomic E-state index is 10.7. The summed E-state index contributed by atoms with van der Waals surface area (Å²) in [5.41, 5.74) is 0. The Morgan fingerprint density at radius 3 is 2.38 bits per heavy atom. The summed E-state index contributed by atoms with van der Waals surface area (Å²) in [5, 5.41) is 8.33. The van der Waals surface area contributed by atoms with E-state index in [9.17, 15) is 9.59 Å². The van der Waals surface area contributed by atoms with Crippen LogP contribution in [0.25, 0.3) is 0 Å². The Bertz CT molecular complexity index is 184. The molecule has 0 heterocycles. The van der Waals surface area contributed by atoms with E-state index in [1.807, 2.05) is 0 Å². The molecule has 76 valence electrons. The summed E-state index contributed by atoms with van der Waals surface area (Å²) < 4.78 is 1.33. The first-order valence-corrected chi connectivity index (χ1v) is 4.63. The molecule has 13 heavy (non-hydrogen) atoms. The second-order valence-electron chi connectivity index (χ2n) is 2.85. The van der Waals surface area contributed by atoms with Gasteiger partial charge in [0.2, 0.25) is 5.91 Å². The van der Waals surface area contributed by atoms with E-state index in [4.69, 9.17) is 5.11 Å². The number of hydrogen-bond donors (Lipinski definition) is 2. The van der Waals surface area contributed by atoms with Gasteiger partial charge in [0.25, 0.3) is 0 Å². The second-order valence-corrected chi connectivity index (χ2v) is 3.33. The van der Waals surface area contributed by atoms with Crippen LogP contribution >= 0.6 is 12.8 Å². The number of hydrogen-bond acceptors (Lipinski definition) is 3. The molecule has 0 atom stereocenters. The molecule has 0 radical (unpaired) electrons. The van der Waals surface area contributed by atoms with Crippen molar-refractivity contribution in [2.24, 2.45) is 0 Å². The minimum Gasteiger partial charge on any atom is -0.481 e. The lowest BCUT2D eigenvalue weighted by molar-refractivity contribution is -0.137. The van der Waals surface area contributed by atoms with E-state index in [0.717, 1.165) is 12.8 Å². The van der Waals surface area contributed by atoms with Crippen LogP contribution in [-0.4, -0.2) is 27.8 Å². The van der Waals surface area contributed by atoms with Gasteiger partial charge in [0.15, 0.2) is 0 Å². The first kappa shape index (κ1) is 12.3. The molecule has 0 bridgehead atoms. The maximum absolute atomic E-state index is 10.7. The standard InChI is InChI=1S/C8H15NO3S/c1-7(10)9(13)6-4-2-3-5-8(11)12/h13H,2-6H2,1H3,(H,11,12). The van der Waals surface area contributed by atoms with Gasteiger partial charge >= 0.3 is 5.97 Å². The van der Waals surface area contributed by atoms with Gasteiger partial charge in [0, 0.05) is 19.9 Å². The van der Waals surface area contributed by atoms with Crippen LogP contribution in [-0.2, 0) is 9.59 Å². The molecular formula is C8H15NO3S. The van der Waals surface area contributed by atoms with E-state index in [0.29, 0.717) is 13.0 Å². The van der Waals surface area contributed by atoms with Gasteiger partial charge in [0.1, 0.15) is 0 Å². The zero-order valence-corrected chi connectivity index (χ0v) is 8.59. The first-order chi connectivity index (χ1) is 6.04. The molecule has 0 aromatic carbocycles. The molecule has 1 amide bonds. The Morgan fingerprint density at radius 1 is 1.31 bits per heavy atom. The lowest BCUT2D eigenvalue weighted by atomic mass is 10.2. The van der Waals surface area contributed by atoms with E-state index >= 15 is 0 Å². The number of carboxylic acid groups (broad SMARTS) is 1. The average molecular weight is 205 g/mol. The number of aliphatic carboxylic acids is 1. The van der Waals surface area contributed by atoms with Crippen LogP contribution in [0, 0.1) is 0 Å². The number of carbonyl (C=O) groups excluding carboxylic acids is 1. The van der Waals surface area contributed by atoms with Crippen molar-refractivity contribution < 1.29 is 14.7 Å². The van der Waals surface area contributed by atoms with E-state index in [1.54, 1.807) is 0 Å². The van der Waals surface area contributed by atoms with Crippen molar-refractivity contribution in [2.75, 3.05) is 6.54 Å². The Kier molecular flexibility index (Phi) is 6.40. The number of amides is 1. The van der Waals surface area contributed by atoms with E-state index in [1.165, 1.54) is 11.2 Å². The molecule has 4 nitrogen and oxygen atoms in total. The maximum Gasteiger partial charge on any atom is 0.303 e. The van der Waals surface area contributed by atoms with Crippen LogP contribution < -0.4 is 0 Å². The van der Waals surface area contributed by atoms with E-state index < -0.39 is 5.97 Å². The smallest absolute Gasteiger partial charge is 0.303 e. The Hall–Kier alpha value is -0.710. The third-order valence-electron chi connectivity index (χ3n) is 1.62. The second kappa shape index (κ2) is 6.77. The van der Waals surface area contributed by atoms with Crippen molar-refractivity contribution in [3.63, 3.8) is 0 Å². The molecule has 0 fully saturated rings. The highest BCUT2D eigenvalue weighted by Gasteiger charge is 2.02. The lowest BCUT2D eigenvalue weighted by Gasteiger charge is -2.11. The van der Waals surface area contributed by atoms with Gasteiger partial charge in [-0.1, -0.05) is 19.2 Å². The van der Waals surface area contributed by atoms with Crippen molar-refractivity contribution in [2.45, 2.75) is 32.6 Å². The molecule has 1 N–H and O–H groups in total. The highest BCUT2D eigenvalue weighted by molar-refractivity contribution is 7.78. The molecule has 0 saturated carbocycles. The molecule has 0 aliphatic rings. The predicted octanol–water partition coefficient (Wildman–Crippen LogP) is 1.32. The molecule has 0 aliphatic carbocycles. The largest absolute Gasteiger partial charge is 0.481 e. The van der Waals surface area contributed by atoms with Gasteiger partial charge in [-0.15, -0.1) is 0 Å². The molecule has 0 saturated heterocycles. The third kappa shape index (κ3) is 7.64. The third-order valence-corrected chi connectivity index (χ3v) is 2.11. The van der Waals surface area contributed by atoms with Gasteiger partial charge in [-0.25, -0.2) is 0 Å². The van der Waals surface area contributed by atoms with Gasteiger partial charge in [-0.2, -0.15) is 0 Å². The zero-order chi connectivity index (χ0) is 10.3. The fourth-order valence-electron chi connectivity index (χ4n) is 0.872. The van der Waals surface area contributed by atoms with E-state index in [-0.39, 0.29) is 12.3 Å². The number of carbonyl (C=O) groups is 2. The highest BCUT2D eigenvalue weighted by Crippen LogP contribution is 2.03. The van der Waals surface area contributed by atoms with Gasteiger partial charge in [-0.05, 0) is 12.8 Å². The van der Waals surface area contributed by atoms with Crippen LogP contribution in [0.5, 0.6) is 0 Å². The summed E-state index contributed by atoms with van der Waals surface area (Å²) >= 11 is 3.94. The van der Waals surface area contributed by atoms with Crippen molar-refractivity contribution in [3.05, 3.63) is 0 Å². The monoisotopic (exact) mass is 205 g/mol. The SMILES string of the molecule is CC(=O)N(S)CCCCCC(=O)O. The summed E-state index contributed by atoms with van der Waals surface area (Å²) in [7, 11) is 0. The molecule has 0 aromatic heterocycles. The van der Waals surface area contributed by atoms with Crippen molar-refractivity contribution >= 4 is 24.7 Å². The quantitative estimate of drug-likeness (QED) is 0.508. The van der Waals surface area contributed by atoms with Crippen molar-refractivity contribution in [1.29, 1.82) is 0 Å². The number of unbranched alkanes of at least 4 members (excludes halogenated alkanes) is 2. The summed E-state index contributed by atoms with van der Waals surface area (Å²) in [6, 6.07) is 0. The summed E-state index contributed by atoms with van der Waals surface area (Å²) in [5.74, 6) is -0.851. The van der Waals surface area contributed by atoms with Crippen LogP contribution in [0.1, 0.15) is 32.6 Å². The zero-order valence-electron chi connectivity index (χ0n) is 7.69. The number of rotatable bonds is 6. The topological polar surface area (TPSA) is 57.6 Å². The van der Waals surface area contributed by atoms with Gasteiger partial charge < -0.3 is 5.11 Å². The Labute approximate surface area is 83.5 Å². The number of thiol groups is 1. The Morgan fingerprint density at radius 2 is 1.92 bits per heavy atom. The van der Waals surface area contributed by atoms with Crippen LogP contribution in [0.15, 0.2) is 0 Å². The van der Waals surface area contributed by atoms with Crippen LogP contribution in [0.4, 0.5) is 0 Å². The Balaban J connectivity index is 3.26.